The summed E-state index contributed by atoms with van der Waals surface area (Å²) < 4.78 is 37.0. The molecule has 0 heterocycles. The van der Waals surface area contributed by atoms with Crippen LogP contribution in [0.1, 0.15) is 22.8 Å². The topological polar surface area (TPSA) is 69.6 Å². The first-order valence-corrected chi connectivity index (χ1v) is 6.11. The second-order valence-electron chi connectivity index (χ2n) is 4.34. The molecule has 0 saturated carbocycles. The minimum atomic E-state index is -4.49. The zero-order valence-electron chi connectivity index (χ0n) is 11.5. The van der Waals surface area contributed by atoms with Crippen LogP contribution in [-0.4, -0.2) is 41.3 Å². The Morgan fingerprint density at radius 2 is 1.95 bits per heavy atom. The second kappa shape index (κ2) is 6.47. The normalized spacial score (nSPS) is 11.1. The number of rotatable bonds is 4. The molecule has 8 heteroatoms. The van der Waals surface area contributed by atoms with Crippen LogP contribution in [0.4, 0.5) is 23.7 Å². The molecule has 5 nitrogen and oxygen atoms in total. The molecule has 0 aromatic heterocycles. The van der Waals surface area contributed by atoms with Crippen molar-refractivity contribution in [1.82, 2.24) is 4.90 Å². The molecule has 0 bridgehead atoms. The lowest BCUT2D eigenvalue weighted by Gasteiger charge is -2.23. The van der Waals surface area contributed by atoms with Crippen LogP contribution in [0.15, 0.2) is 18.2 Å². The lowest BCUT2D eigenvalue weighted by Crippen LogP contribution is -2.41. The molecule has 1 rings (SSSR count). The number of hydrogen-bond acceptors (Lipinski definition) is 2. The van der Waals surface area contributed by atoms with Crippen molar-refractivity contribution in [2.24, 2.45) is 0 Å². The summed E-state index contributed by atoms with van der Waals surface area (Å²) in [5.74, 6) is -1.17. The molecule has 2 N–H and O–H groups in total. The lowest BCUT2D eigenvalue weighted by atomic mass is 10.1. The fourth-order valence-corrected chi connectivity index (χ4v) is 1.74. The minimum Gasteiger partial charge on any atom is -0.478 e. The second-order valence-corrected chi connectivity index (χ2v) is 4.34. The van der Waals surface area contributed by atoms with Crippen LogP contribution in [0.5, 0.6) is 0 Å². The standard InChI is InChI=1S/C13H15F3N2O3/c1-3-18(7-13(14,15)16)12(21)17-10-6-4-5-9(8(10)2)11(19)20/h4-6H,3,7H2,1-2H3,(H,17,21)(H,19,20). The molecule has 0 aliphatic carbocycles. The van der Waals surface area contributed by atoms with Crippen molar-refractivity contribution in [3.63, 3.8) is 0 Å². The number of nitrogens with one attached hydrogen (secondary N) is 1. The highest BCUT2D eigenvalue weighted by molar-refractivity contribution is 5.95. The van der Waals surface area contributed by atoms with Crippen molar-refractivity contribution in [1.29, 1.82) is 0 Å². The van der Waals surface area contributed by atoms with E-state index < -0.39 is 24.7 Å². The Morgan fingerprint density at radius 3 is 2.43 bits per heavy atom. The molecular weight excluding hydrogens is 289 g/mol. The third kappa shape index (κ3) is 4.66. The van der Waals surface area contributed by atoms with E-state index in [0.29, 0.717) is 4.90 Å². The van der Waals surface area contributed by atoms with Crippen LogP contribution < -0.4 is 5.32 Å². The molecule has 2 amide bonds. The van der Waals surface area contributed by atoms with E-state index >= 15 is 0 Å². The van der Waals surface area contributed by atoms with Gasteiger partial charge < -0.3 is 15.3 Å². The van der Waals surface area contributed by atoms with Gasteiger partial charge in [-0.2, -0.15) is 13.2 Å². The third-order valence-electron chi connectivity index (χ3n) is 2.84. The number of nitrogens with zero attached hydrogens (tertiary/aromatic N) is 1. The summed E-state index contributed by atoms with van der Waals surface area (Å²) in [4.78, 5) is 23.4. The smallest absolute Gasteiger partial charge is 0.406 e. The van der Waals surface area contributed by atoms with Crippen LogP contribution in [-0.2, 0) is 0 Å². The number of anilines is 1. The van der Waals surface area contributed by atoms with Gasteiger partial charge in [-0.05, 0) is 31.5 Å². The molecule has 0 unspecified atom stereocenters. The number of halogens is 3. The number of carboxylic acid groups (broad SMARTS) is 1. The average Bonchev–Trinajstić information content (AvgIpc) is 2.36. The Balaban J connectivity index is 2.92. The highest BCUT2D eigenvalue weighted by Crippen LogP contribution is 2.21. The molecular formula is C13H15F3N2O3. The number of aromatic carboxylic acids is 1. The summed E-state index contributed by atoms with van der Waals surface area (Å²) >= 11 is 0. The number of urea groups is 1. The summed E-state index contributed by atoms with van der Waals surface area (Å²) in [6.45, 7) is 1.40. The maximum absolute atomic E-state index is 12.3. The van der Waals surface area contributed by atoms with E-state index in [4.69, 9.17) is 5.11 Å². The van der Waals surface area contributed by atoms with Crippen LogP contribution >= 0.6 is 0 Å². The van der Waals surface area contributed by atoms with Crippen molar-refractivity contribution >= 4 is 17.7 Å². The molecule has 0 aliphatic heterocycles. The van der Waals surface area contributed by atoms with Gasteiger partial charge in [0.2, 0.25) is 0 Å². The summed E-state index contributed by atoms with van der Waals surface area (Å²) in [5.41, 5.74) is 0.425. The highest BCUT2D eigenvalue weighted by Gasteiger charge is 2.32. The number of hydrogen-bond donors (Lipinski definition) is 2. The Hall–Kier alpha value is -2.25. The first kappa shape index (κ1) is 16.8. The van der Waals surface area contributed by atoms with Crippen molar-refractivity contribution in [2.45, 2.75) is 20.0 Å². The molecule has 116 valence electrons. The van der Waals surface area contributed by atoms with E-state index in [9.17, 15) is 22.8 Å². The summed E-state index contributed by atoms with van der Waals surface area (Å²) in [6, 6.07) is 3.26. The Bertz CT molecular complexity index is 544. The van der Waals surface area contributed by atoms with E-state index in [1.54, 1.807) is 0 Å². The number of alkyl halides is 3. The largest absolute Gasteiger partial charge is 0.478 e. The number of carbonyl (C=O) groups excluding carboxylic acids is 1. The zero-order valence-corrected chi connectivity index (χ0v) is 11.5. The summed E-state index contributed by atoms with van der Waals surface area (Å²) in [5, 5.41) is 11.3. The molecule has 0 atom stereocenters. The van der Waals surface area contributed by atoms with Crippen LogP contribution in [0.3, 0.4) is 0 Å². The zero-order chi connectivity index (χ0) is 16.2. The SMILES string of the molecule is CCN(CC(F)(F)F)C(=O)Nc1cccc(C(=O)O)c1C. The van der Waals surface area contributed by atoms with Crippen molar-refractivity contribution in [3.8, 4) is 0 Å². The monoisotopic (exact) mass is 304 g/mol. The number of benzene rings is 1. The van der Waals surface area contributed by atoms with E-state index in [0.717, 1.165) is 0 Å². The maximum atomic E-state index is 12.3. The van der Waals surface area contributed by atoms with Crippen molar-refractivity contribution in [2.75, 3.05) is 18.4 Å². The predicted molar refractivity (Wildman–Crippen MR) is 70.5 cm³/mol. The van der Waals surface area contributed by atoms with Crippen molar-refractivity contribution < 1.29 is 27.9 Å². The Morgan fingerprint density at radius 1 is 1.33 bits per heavy atom. The van der Waals surface area contributed by atoms with E-state index in [2.05, 4.69) is 5.32 Å². The van der Waals surface area contributed by atoms with Gasteiger partial charge in [0.25, 0.3) is 0 Å². The van der Waals surface area contributed by atoms with Crippen LogP contribution in [0, 0.1) is 6.92 Å². The fraction of sp³-hybridized carbons (Fsp3) is 0.385. The molecule has 0 fully saturated rings. The van der Waals surface area contributed by atoms with E-state index in [1.165, 1.54) is 32.0 Å². The van der Waals surface area contributed by atoms with Gasteiger partial charge in [-0.15, -0.1) is 0 Å². The number of amides is 2. The van der Waals surface area contributed by atoms with E-state index in [-0.39, 0.29) is 23.4 Å². The lowest BCUT2D eigenvalue weighted by molar-refractivity contribution is -0.139. The van der Waals surface area contributed by atoms with E-state index in [1.807, 2.05) is 0 Å². The Labute approximate surface area is 119 Å². The fourth-order valence-electron chi connectivity index (χ4n) is 1.74. The molecule has 0 saturated heterocycles. The minimum absolute atomic E-state index is 0.0216. The molecule has 0 radical (unpaired) electrons. The van der Waals surface area contributed by atoms with Gasteiger partial charge in [-0.1, -0.05) is 6.07 Å². The summed E-state index contributed by atoms with van der Waals surface area (Å²) in [7, 11) is 0. The van der Waals surface area contributed by atoms with Gasteiger partial charge in [0, 0.05) is 12.2 Å². The molecule has 1 aromatic rings. The Kier molecular flexibility index (Phi) is 5.17. The van der Waals surface area contributed by atoms with Gasteiger partial charge in [0.1, 0.15) is 6.54 Å². The average molecular weight is 304 g/mol. The first-order valence-electron chi connectivity index (χ1n) is 6.11. The third-order valence-corrected chi connectivity index (χ3v) is 2.84. The van der Waals surface area contributed by atoms with Gasteiger partial charge in [-0.25, -0.2) is 9.59 Å². The van der Waals surface area contributed by atoms with Crippen LogP contribution in [0.2, 0.25) is 0 Å². The van der Waals surface area contributed by atoms with Gasteiger partial charge in [0.05, 0.1) is 5.56 Å². The van der Waals surface area contributed by atoms with Gasteiger partial charge >= 0.3 is 18.2 Å². The first-order chi connectivity index (χ1) is 9.65. The van der Waals surface area contributed by atoms with Crippen LogP contribution in [0.25, 0.3) is 0 Å². The maximum Gasteiger partial charge on any atom is 0.406 e. The molecule has 0 spiro atoms. The molecule has 21 heavy (non-hydrogen) atoms. The predicted octanol–water partition coefficient (Wildman–Crippen LogP) is 3.11. The van der Waals surface area contributed by atoms with Gasteiger partial charge in [-0.3, -0.25) is 0 Å². The van der Waals surface area contributed by atoms with Crippen molar-refractivity contribution in [3.05, 3.63) is 29.3 Å². The summed E-state index contributed by atoms with van der Waals surface area (Å²) in [6.07, 6.45) is -4.49. The quantitative estimate of drug-likeness (QED) is 0.898. The number of carbonyl (C=O) groups is 2. The van der Waals surface area contributed by atoms with Gasteiger partial charge in [0.15, 0.2) is 0 Å². The number of carboxylic acids is 1. The molecule has 0 aliphatic rings. The molecule has 1 aromatic carbocycles. The highest BCUT2D eigenvalue weighted by atomic mass is 19.4.